The fourth-order valence-corrected chi connectivity index (χ4v) is 1.94. The van der Waals surface area contributed by atoms with E-state index in [2.05, 4.69) is 0 Å². The molecule has 0 spiro atoms. The van der Waals surface area contributed by atoms with E-state index in [1.165, 1.54) is 6.07 Å². The third-order valence-electron chi connectivity index (χ3n) is 3.20. The van der Waals surface area contributed by atoms with Crippen molar-refractivity contribution in [3.63, 3.8) is 0 Å². The van der Waals surface area contributed by atoms with Crippen LogP contribution in [0, 0.1) is 17.1 Å². The van der Waals surface area contributed by atoms with Crippen LogP contribution in [0.25, 0.3) is 0 Å². The van der Waals surface area contributed by atoms with E-state index in [0.29, 0.717) is 11.1 Å². The van der Waals surface area contributed by atoms with E-state index < -0.39 is 0 Å². The van der Waals surface area contributed by atoms with E-state index in [4.69, 9.17) is 11.0 Å². The molecule has 1 fully saturated rings. The molecule has 2 nitrogen and oxygen atoms in total. The highest BCUT2D eigenvalue weighted by atomic mass is 19.1. The van der Waals surface area contributed by atoms with Gasteiger partial charge in [-0.3, -0.25) is 0 Å². The van der Waals surface area contributed by atoms with Gasteiger partial charge in [-0.2, -0.15) is 5.26 Å². The quantitative estimate of drug-likeness (QED) is 0.829. The van der Waals surface area contributed by atoms with Gasteiger partial charge >= 0.3 is 0 Å². The fraction of sp³-hybridized carbons (Fsp3) is 0.462. The molecule has 1 aliphatic carbocycles. The van der Waals surface area contributed by atoms with Crippen LogP contribution in [-0.4, -0.2) is 0 Å². The number of nitrogens with two attached hydrogens (primary N) is 1. The molecule has 1 saturated carbocycles. The molecule has 2 N–H and O–H groups in total. The predicted octanol–water partition coefficient (Wildman–Crippen LogP) is 2.77. The molecule has 3 heteroatoms. The maximum atomic E-state index is 13.7. The van der Waals surface area contributed by atoms with Gasteiger partial charge < -0.3 is 5.73 Å². The van der Waals surface area contributed by atoms with Gasteiger partial charge in [0.2, 0.25) is 0 Å². The summed E-state index contributed by atoms with van der Waals surface area (Å²) in [7, 11) is 0. The number of benzene rings is 1. The van der Waals surface area contributed by atoms with Gasteiger partial charge in [-0.25, -0.2) is 4.39 Å². The molecule has 1 aliphatic rings. The molecule has 0 radical (unpaired) electrons. The highest BCUT2D eigenvalue weighted by Gasteiger charge is 2.42. The zero-order valence-corrected chi connectivity index (χ0v) is 9.55. The molecule has 16 heavy (non-hydrogen) atoms. The first kappa shape index (κ1) is 11.1. The van der Waals surface area contributed by atoms with Crippen molar-refractivity contribution in [2.45, 2.75) is 38.1 Å². The van der Waals surface area contributed by atoms with Crippen LogP contribution in [0.3, 0.4) is 0 Å². The van der Waals surface area contributed by atoms with Crippen molar-refractivity contribution >= 4 is 0 Å². The van der Waals surface area contributed by atoms with Crippen LogP contribution in [0.2, 0.25) is 0 Å². The second-order valence-corrected chi connectivity index (χ2v) is 4.84. The highest BCUT2D eigenvalue weighted by Crippen LogP contribution is 2.45. The summed E-state index contributed by atoms with van der Waals surface area (Å²) in [4.78, 5) is 0. The van der Waals surface area contributed by atoms with Crippen molar-refractivity contribution in [1.82, 2.24) is 0 Å². The summed E-state index contributed by atoms with van der Waals surface area (Å²) < 4.78 is 13.7. The number of nitrogens with zero attached hydrogens (tertiary/aromatic N) is 1. The molecule has 0 atom stereocenters. The van der Waals surface area contributed by atoms with Crippen LogP contribution in [0.1, 0.15) is 49.3 Å². The molecule has 0 bridgehead atoms. The Labute approximate surface area is 94.9 Å². The Morgan fingerprint density at radius 2 is 2.06 bits per heavy atom. The van der Waals surface area contributed by atoms with E-state index in [1.54, 1.807) is 6.07 Å². The maximum absolute atomic E-state index is 13.7. The number of nitriles is 1. The minimum absolute atomic E-state index is 0.105. The Morgan fingerprint density at radius 3 is 2.50 bits per heavy atom. The summed E-state index contributed by atoms with van der Waals surface area (Å²) in [6.45, 7) is 3.87. The van der Waals surface area contributed by atoms with Gasteiger partial charge in [0, 0.05) is 5.54 Å². The van der Waals surface area contributed by atoms with Crippen molar-refractivity contribution in [3.8, 4) is 6.07 Å². The molecule has 0 aromatic heterocycles. The van der Waals surface area contributed by atoms with Crippen LogP contribution >= 0.6 is 0 Å². The molecular weight excluding hydrogens is 203 g/mol. The van der Waals surface area contributed by atoms with Gasteiger partial charge in [-0.1, -0.05) is 13.8 Å². The SMILES string of the molecule is CC(C)c1cc(C2(N)CC2)c(C#N)cc1F. The normalized spacial score (nSPS) is 17.2. The van der Waals surface area contributed by atoms with Gasteiger partial charge in [0.1, 0.15) is 5.82 Å². The molecule has 1 aromatic carbocycles. The van der Waals surface area contributed by atoms with E-state index >= 15 is 0 Å². The average molecular weight is 218 g/mol. The minimum Gasteiger partial charge on any atom is -0.321 e. The smallest absolute Gasteiger partial charge is 0.127 e. The van der Waals surface area contributed by atoms with Crippen LogP contribution in [0.4, 0.5) is 4.39 Å². The second-order valence-electron chi connectivity index (χ2n) is 4.84. The lowest BCUT2D eigenvalue weighted by Gasteiger charge is -2.15. The van der Waals surface area contributed by atoms with Crippen molar-refractivity contribution < 1.29 is 4.39 Å². The monoisotopic (exact) mass is 218 g/mol. The zero-order valence-electron chi connectivity index (χ0n) is 9.55. The summed E-state index contributed by atoms with van der Waals surface area (Å²) in [5.41, 5.74) is 7.53. The lowest BCUT2D eigenvalue weighted by molar-refractivity contribution is 0.593. The first-order valence-electron chi connectivity index (χ1n) is 5.51. The van der Waals surface area contributed by atoms with Crippen molar-refractivity contribution in [3.05, 3.63) is 34.6 Å². The number of rotatable bonds is 2. The van der Waals surface area contributed by atoms with E-state index in [9.17, 15) is 4.39 Å². The first-order valence-corrected chi connectivity index (χ1v) is 5.51. The molecule has 0 unspecified atom stereocenters. The number of hydrogen-bond acceptors (Lipinski definition) is 2. The maximum Gasteiger partial charge on any atom is 0.127 e. The Morgan fingerprint density at radius 1 is 1.44 bits per heavy atom. The molecule has 1 aromatic rings. The summed E-state index contributed by atoms with van der Waals surface area (Å²) in [6, 6.07) is 5.12. The van der Waals surface area contributed by atoms with Crippen molar-refractivity contribution in [2.75, 3.05) is 0 Å². The molecule has 0 aliphatic heterocycles. The molecule has 0 saturated heterocycles. The van der Waals surface area contributed by atoms with Gasteiger partial charge in [0.05, 0.1) is 11.6 Å². The van der Waals surface area contributed by atoms with Crippen LogP contribution < -0.4 is 5.73 Å². The molecule has 2 rings (SSSR count). The van der Waals surface area contributed by atoms with Crippen LogP contribution in [0.5, 0.6) is 0 Å². The van der Waals surface area contributed by atoms with Gasteiger partial charge in [0.15, 0.2) is 0 Å². The third kappa shape index (κ3) is 1.70. The summed E-state index contributed by atoms with van der Waals surface area (Å²) >= 11 is 0. The average Bonchev–Trinajstić information content (AvgIpc) is 2.96. The Balaban J connectivity index is 2.59. The number of halogens is 1. The van der Waals surface area contributed by atoms with E-state index in [-0.39, 0.29) is 17.3 Å². The van der Waals surface area contributed by atoms with Crippen LogP contribution in [-0.2, 0) is 5.54 Å². The largest absolute Gasteiger partial charge is 0.321 e. The molecule has 0 amide bonds. The number of hydrogen-bond donors (Lipinski definition) is 1. The Hall–Kier alpha value is -1.40. The Bertz CT molecular complexity index is 468. The standard InChI is InChI=1S/C13H15FN2/c1-8(2)10-6-11(13(16)3-4-13)9(7-15)5-12(10)14/h5-6,8H,3-4,16H2,1-2H3. The summed E-state index contributed by atoms with van der Waals surface area (Å²) in [5, 5.41) is 8.99. The second kappa shape index (κ2) is 3.57. The molecule has 84 valence electrons. The van der Waals surface area contributed by atoms with Gasteiger partial charge in [0.25, 0.3) is 0 Å². The third-order valence-corrected chi connectivity index (χ3v) is 3.20. The van der Waals surface area contributed by atoms with E-state index in [0.717, 1.165) is 18.4 Å². The zero-order chi connectivity index (χ0) is 11.9. The lowest BCUT2D eigenvalue weighted by atomic mass is 9.92. The Kier molecular flexibility index (Phi) is 2.47. The first-order chi connectivity index (χ1) is 7.48. The minimum atomic E-state index is -0.387. The van der Waals surface area contributed by atoms with Gasteiger partial charge in [-0.15, -0.1) is 0 Å². The molecule has 0 heterocycles. The lowest BCUT2D eigenvalue weighted by Crippen LogP contribution is -2.21. The topological polar surface area (TPSA) is 49.8 Å². The highest BCUT2D eigenvalue weighted by molar-refractivity contribution is 5.47. The fourth-order valence-electron chi connectivity index (χ4n) is 1.94. The van der Waals surface area contributed by atoms with Crippen LogP contribution in [0.15, 0.2) is 12.1 Å². The molecular formula is C13H15FN2. The summed E-state index contributed by atoms with van der Waals surface area (Å²) in [6.07, 6.45) is 1.76. The predicted molar refractivity (Wildman–Crippen MR) is 60.3 cm³/mol. The van der Waals surface area contributed by atoms with Crippen molar-refractivity contribution in [1.29, 1.82) is 5.26 Å². The van der Waals surface area contributed by atoms with Gasteiger partial charge in [-0.05, 0) is 42.0 Å². The van der Waals surface area contributed by atoms with E-state index in [1.807, 2.05) is 19.9 Å². The van der Waals surface area contributed by atoms with Crippen molar-refractivity contribution in [2.24, 2.45) is 5.73 Å². The summed E-state index contributed by atoms with van der Waals surface area (Å²) in [5.74, 6) is -0.201.